The summed E-state index contributed by atoms with van der Waals surface area (Å²) in [6, 6.07) is 3.31. The first-order valence-corrected chi connectivity index (χ1v) is 12.0. The SMILES string of the molecule is C=C(/C(C)=C1/COC(=O)/C1=C/C)C(O)CN(C)CCN(CC)CCc1ccc2c(c1F)COC2=O. The van der Waals surface area contributed by atoms with Crippen LogP contribution in [-0.2, 0) is 27.3 Å². The molecule has 2 aliphatic heterocycles. The van der Waals surface area contributed by atoms with Crippen molar-refractivity contribution in [2.75, 3.05) is 46.4 Å². The highest BCUT2D eigenvalue weighted by Gasteiger charge is 2.28. The second-order valence-electron chi connectivity index (χ2n) is 9.01. The van der Waals surface area contributed by atoms with Gasteiger partial charge in [-0.15, -0.1) is 0 Å². The van der Waals surface area contributed by atoms with E-state index in [0.29, 0.717) is 53.9 Å². The lowest BCUT2D eigenvalue weighted by atomic mass is 9.95. The Morgan fingerprint density at radius 3 is 2.60 bits per heavy atom. The number of carbonyl (C=O) groups is 2. The van der Waals surface area contributed by atoms with E-state index in [9.17, 15) is 19.1 Å². The molecule has 2 heterocycles. The maximum absolute atomic E-state index is 14.8. The summed E-state index contributed by atoms with van der Waals surface area (Å²) in [6.07, 6.45) is 1.48. The minimum atomic E-state index is -0.776. The average molecular weight is 487 g/mol. The number of carbonyl (C=O) groups excluding carboxylic acids is 2. The third kappa shape index (κ3) is 6.07. The van der Waals surface area contributed by atoms with Crippen LogP contribution >= 0.6 is 0 Å². The number of fused-ring (bicyclic) bond motifs is 1. The van der Waals surface area contributed by atoms with Crippen molar-refractivity contribution in [1.82, 2.24) is 9.80 Å². The molecule has 1 aromatic carbocycles. The third-order valence-electron chi connectivity index (χ3n) is 6.84. The number of hydrogen-bond donors (Lipinski definition) is 1. The molecule has 1 N–H and O–H groups in total. The molecule has 1 saturated heterocycles. The van der Waals surface area contributed by atoms with Crippen LogP contribution in [0.15, 0.2) is 47.1 Å². The van der Waals surface area contributed by atoms with Crippen molar-refractivity contribution in [3.8, 4) is 0 Å². The van der Waals surface area contributed by atoms with E-state index >= 15 is 0 Å². The van der Waals surface area contributed by atoms with Gasteiger partial charge < -0.3 is 24.4 Å². The number of nitrogens with zero attached hydrogens (tertiary/aromatic N) is 2. The quantitative estimate of drug-likeness (QED) is 0.381. The number of aliphatic hydroxyl groups excluding tert-OH is 1. The Kier molecular flexibility index (Phi) is 8.99. The molecular weight excluding hydrogens is 451 g/mol. The van der Waals surface area contributed by atoms with Gasteiger partial charge in [-0.2, -0.15) is 0 Å². The zero-order valence-electron chi connectivity index (χ0n) is 21.0. The van der Waals surface area contributed by atoms with Gasteiger partial charge >= 0.3 is 11.9 Å². The Hall–Kier alpha value is -2.81. The van der Waals surface area contributed by atoms with E-state index in [4.69, 9.17) is 9.47 Å². The highest BCUT2D eigenvalue weighted by atomic mass is 19.1. The van der Waals surface area contributed by atoms with E-state index in [0.717, 1.165) is 24.2 Å². The number of likely N-dealkylation sites (N-methyl/N-ethyl adjacent to an activating group) is 2. The number of halogens is 1. The number of aliphatic hydroxyl groups is 1. The predicted octanol–water partition coefficient (Wildman–Crippen LogP) is 3.03. The van der Waals surface area contributed by atoms with Gasteiger partial charge in [0.25, 0.3) is 0 Å². The Bertz CT molecular complexity index is 1060. The standard InChI is InChI=1S/C27H35FN2O5/c1-6-20-22(15-34-26(20)32)17(3)18(4)24(31)14-29(5)12-13-30(7-2)11-10-19-8-9-21-23(25(19)28)16-35-27(21)33/h6,8-9,24,31H,4,7,10-16H2,1-3,5H3/b20-6+,22-17-. The minimum absolute atomic E-state index is 0.000717. The van der Waals surface area contributed by atoms with Crippen molar-refractivity contribution in [3.05, 3.63) is 69.6 Å². The summed E-state index contributed by atoms with van der Waals surface area (Å²) in [7, 11) is 1.93. The molecule has 1 unspecified atom stereocenters. The smallest absolute Gasteiger partial charge is 0.338 e. The molecule has 1 fully saturated rings. The number of allylic oxidation sites excluding steroid dienone is 1. The molecule has 0 bridgehead atoms. The Morgan fingerprint density at radius 1 is 1.20 bits per heavy atom. The first kappa shape index (κ1) is 26.8. The average Bonchev–Trinajstić information content (AvgIpc) is 3.41. The number of ether oxygens (including phenoxy) is 2. The van der Waals surface area contributed by atoms with Crippen molar-refractivity contribution in [2.24, 2.45) is 0 Å². The normalized spacial score (nSPS) is 18.8. The van der Waals surface area contributed by atoms with Gasteiger partial charge in [0.2, 0.25) is 0 Å². The van der Waals surface area contributed by atoms with Crippen LogP contribution in [0.1, 0.15) is 42.3 Å². The molecule has 2 aliphatic rings. The molecule has 0 radical (unpaired) electrons. The largest absolute Gasteiger partial charge is 0.457 e. The van der Waals surface area contributed by atoms with E-state index in [1.54, 1.807) is 25.1 Å². The molecule has 0 amide bonds. The number of cyclic esters (lactones) is 2. The zero-order chi connectivity index (χ0) is 25.7. The van der Waals surface area contributed by atoms with Crippen LogP contribution in [0, 0.1) is 5.82 Å². The van der Waals surface area contributed by atoms with Crippen molar-refractivity contribution < 1.29 is 28.6 Å². The zero-order valence-corrected chi connectivity index (χ0v) is 21.0. The topological polar surface area (TPSA) is 79.3 Å². The molecule has 1 aromatic rings. The summed E-state index contributed by atoms with van der Waals surface area (Å²) in [5.74, 6) is -1.15. The predicted molar refractivity (Wildman–Crippen MR) is 131 cm³/mol. The Labute approximate surface area is 206 Å². The maximum Gasteiger partial charge on any atom is 0.338 e. The molecule has 7 nitrogen and oxygen atoms in total. The summed E-state index contributed by atoms with van der Waals surface area (Å²) >= 11 is 0. The fourth-order valence-corrected chi connectivity index (χ4v) is 4.39. The van der Waals surface area contributed by atoms with Crippen LogP contribution in [0.2, 0.25) is 0 Å². The summed E-state index contributed by atoms with van der Waals surface area (Å²) in [5, 5.41) is 10.7. The molecule has 8 heteroatoms. The van der Waals surface area contributed by atoms with Gasteiger partial charge in [0, 0.05) is 37.3 Å². The molecule has 35 heavy (non-hydrogen) atoms. The van der Waals surface area contributed by atoms with Gasteiger partial charge in [0.05, 0.1) is 17.2 Å². The Balaban J connectivity index is 1.50. The molecule has 3 rings (SSSR count). The van der Waals surface area contributed by atoms with E-state index in [-0.39, 0.29) is 25.0 Å². The first-order chi connectivity index (χ1) is 16.7. The number of benzene rings is 1. The Morgan fingerprint density at radius 2 is 1.91 bits per heavy atom. The molecule has 1 atom stereocenters. The number of hydrogen-bond acceptors (Lipinski definition) is 7. The van der Waals surface area contributed by atoms with Gasteiger partial charge in [0.15, 0.2) is 0 Å². The number of rotatable bonds is 11. The lowest BCUT2D eigenvalue weighted by Crippen LogP contribution is -2.38. The van der Waals surface area contributed by atoms with Crippen LogP contribution in [0.5, 0.6) is 0 Å². The molecule has 190 valence electrons. The van der Waals surface area contributed by atoms with E-state index in [1.165, 1.54) is 0 Å². The van der Waals surface area contributed by atoms with Crippen LogP contribution in [0.25, 0.3) is 0 Å². The minimum Gasteiger partial charge on any atom is -0.457 e. The fourth-order valence-electron chi connectivity index (χ4n) is 4.39. The van der Waals surface area contributed by atoms with Gasteiger partial charge in [-0.1, -0.05) is 25.6 Å². The molecule has 0 aromatic heterocycles. The summed E-state index contributed by atoms with van der Waals surface area (Å²) in [6.45, 7) is 13.3. The molecular formula is C27H35FN2O5. The lowest BCUT2D eigenvalue weighted by molar-refractivity contribution is -0.135. The first-order valence-electron chi connectivity index (χ1n) is 12.0. The van der Waals surface area contributed by atoms with Gasteiger partial charge in [-0.3, -0.25) is 0 Å². The van der Waals surface area contributed by atoms with Crippen LogP contribution < -0.4 is 0 Å². The number of esters is 2. The van der Waals surface area contributed by atoms with E-state index < -0.39 is 12.1 Å². The second-order valence-corrected chi connectivity index (χ2v) is 9.01. The second kappa shape index (κ2) is 11.7. The van der Waals surface area contributed by atoms with Gasteiger partial charge in [0.1, 0.15) is 19.0 Å². The summed E-state index contributed by atoms with van der Waals surface area (Å²) in [4.78, 5) is 27.7. The third-order valence-corrected chi connectivity index (χ3v) is 6.84. The van der Waals surface area contributed by atoms with Crippen molar-refractivity contribution in [3.63, 3.8) is 0 Å². The van der Waals surface area contributed by atoms with Gasteiger partial charge in [-0.25, -0.2) is 14.0 Å². The fraction of sp³-hybridized carbons (Fsp3) is 0.481. The highest BCUT2D eigenvalue weighted by molar-refractivity contribution is 5.96. The molecule has 0 spiro atoms. The maximum atomic E-state index is 14.8. The van der Waals surface area contributed by atoms with E-state index in [1.807, 2.05) is 18.9 Å². The molecule has 0 saturated carbocycles. The highest BCUT2D eigenvalue weighted by Crippen LogP contribution is 2.28. The van der Waals surface area contributed by atoms with Gasteiger partial charge in [-0.05, 0) is 56.6 Å². The molecule has 0 aliphatic carbocycles. The van der Waals surface area contributed by atoms with Crippen molar-refractivity contribution in [1.29, 1.82) is 0 Å². The van der Waals surface area contributed by atoms with Crippen LogP contribution in [0.4, 0.5) is 4.39 Å². The monoisotopic (exact) mass is 486 g/mol. The summed E-state index contributed by atoms with van der Waals surface area (Å²) < 4.78 is 24.8. The summed E-state index contributed by atoms with van der Waals surface area (Å²) in [5.41, 5.74) is 3.91. The lowest BCUT2D eigenvalue weighted by Gasteiger charge is -2.27. The van der Waals surface area contributed by atoms with E-state index in [2.05, 4.69) is 18.4 Å². The van der Waals surface area contributed by atoms with Crippen LogP contribution in [-0.4, -0.2) is 79.3 Å². The van der Waals surface area contributed by atoms with Crippen molar-refractivity contribution >= 4 is 11.9 Å². The van der Waals surface area contributed by atoms with Crippen LogP contribution in [0.3, 0.4) is 0 Å². The van der Waals surface area contributed by atoms with Crippen molar-refractivity contribution in [2.45, 2.75) is 39.9 Å².